The minimum atomic E-state index is -1.11. The number of aromatic nitrogens is 1. The van der Waals surface area contributed by atoms with Gasteiger partial charge in [-0.3, -0.25) is 19.3 Å². The van der Waals surface area contributed by atoms with E-state index in [0.29, 0.717) is 15.8 Å². The van der Waals surface area contributed by atoms with Gasteiger partial charge < -0.3 is 4.74 Å². The fourth-order valence-electron chi connectivity index (χ4n) is 3.57. The Morgan fingerprint density at radius 3 is 2.56 bits per heavy atom. The van der Waals surface area contributed by atoms with Gasteiger partial charge in [0.1, 0.15) is 5.82 Å². The number of hydrogen-bond donors (Lipinski definition) is 0. The summed E-state index contributed by atoms with van der Waals surface area (Å²) in [5.41, 5.74) is 1.77. The molecule has 0 unspecified atom stereocenters. The first-order valence-corrected chi connectivity index (χ1v) is 12.2. The van der Waals surface area contributed by atoms with Crippen molar-refractivity contribution in [1.29, 1.82) is 0 Å². The molecule has 2 heterocycles. The normalized spacial score (nSPS) is 16.5. The van der Waals surface area contributed by atoms with Gasteiger partial charge in [0.2, 0.25) is 11.7 Å². The van der Waals surface area contributed by atoms with E-state index in [2.05, 4.69) is 4.98 Å². The van der Waals surface area contributed by atoms with Crippen LogP contribution in [0.25, 0.3) is 11.3 Å². The van der Waals surface area contributed by atoms with Gasteiger partial charge in [0.05, 0.1) is 11.6 Å². The van der Waals surface area contributed by atoms with Gasteiger partial charge >= 0.3 is 5.97 Å². The number of carbonyl (C=O) groups is 3. The summed E-state index contributed by atoms with van der Waals surface area (Å²) >= 11 is 13.0. The zero-order valence-corrected chi connectivity index (χ0v) is 20.1. The number of ketones is 1. The number of ether oxygens (including phenoxy) is 1. The fraction of sp³-hybridized carbons (Fsp3) is 0.250. The van der Waals surface area contributed by atoms with Gasteiger partial charge in [0.15, 0.2) is 11.2 Å². The predicted molar refractivity (Wildman–Crippen MR) is 129 cm³/mol. The van der Waals surface area contributed by atoms with Crippen molar-refractivity contribution in [3.8, 4) is 11.3 Å². The molecule has 1 saturated heterocycles. The Bertz CT molecular complexity index is 1200. The largest absolute Gasteiger partial charge is 0.454 e. The quantitative estimate of drug-likeness (QED) is 0.226. The maximum Gasteiger partial charge on any atom is 0.312 e. The molecular weight excluding hydrogens is 502 g/mol. The molecule has 0 bridgehead atoms. The number of rotatable bonds is 8. The average Bonchev–Trinajstić information content (AvgIpc) is 3.46. The first kappa shape index (κ1) is 24.3. The SMILES string of the molecule is O=C(O[C@H](CCCl)C(=O)c1ccc(F)cc1)[C@@H]1CC(=O)N(c2nc(-c3ccc(Cl)cc3)cs2)C1. The summed E-state index contributed by atoms with van der Waals surface area (Å²) in [6.45, 7) is 0.101. The van der Waals surface area contributed by atoms with Crippen LogP contribution in [0.3, 0.4) is 0 Å². The molecule has 0 radical (unpaired) electrons. The molecular formula is C24H19Cl2FN2O4S. The van der Waals surface area contributed by atoms with Crippen LogP contribution in [0.15, 0.2) is 53.9 Å². The average molecular weight is 521 g/mol. The van der Waals surface area contributed by atoms with E-state index in [9.17, 15) is 18.8 Å². The lowest BCUT2D eigenvalue weighted by molar-refractivity contribution is -0.151. The molecule has 0 N–H and O–H groups in total. The van der Waals surface area contributed by atoms with Crippen LogP contribution in [0.2, 0.25) is 5.02 Å². The molecule has 3 aromatic rings. The smallest absolute Gasteiger partial charge is 0.312 e. The van der Waals surface area contributed by atoms with Crippen LogP contribution in [0, 0.1) is 11.7 Å². The van der Waals surface area contributed by atoms with Gasteiger partial charge in [0.25, 0.3) is 0 Å². The van der Waals surface area contributed by atoms with Crippen LogP contribution in [0.4, 0.5) is 9.52 Å². The van der Waals surface area contributed by atoms with Crippen LogP contribution < -0.4 is 4.90 Å². The molecule has 4 rings (SSSR count). The van der Waals surface area contributed by atoms with Crippen molar-refractivity contribution in [2.24, 2.45) is 5.92 Å². The number of amides is 1. The second-order valence-electron chi connectivity index (χ2n) is 7.70. The molecule has 34 heavy (non-hydrogen) atoms. The molecule has 1 fully saturated rings. The Hall–Kier alpha value is -2.81. The zero-order valence-electron chi connectivity index (χ0n) is 17.7. The van der Waals surface area contributed by atoms with Crippen molar-refractivity contribution >= 4 is 57.3 Å². The number of Topliss-reactive ketones (excluding diaryl/α,β-unsaturated/α-hetero) is 1. The highest BCUT2D eigenvalue weighted by molar-refractivity contribution is 7.14. The fourth-order valence-corrected chi connectivity index (χ4v) is 4.76. The Morgan fingerprint density at radius 1 is 1.18 bits per heavy atom. The van der Waals surface area contributed by atoms with E-state index in [4.69, 9.17) is 27.9 Å². The summed E-state index contributed by atoms with van der Waals surface area (Å²) < 4.78 is 18.6. The predicted octanol–water partition coefficient (Wildman–Crippen LogP) is 5.38. The number of halogens is 3. The molecule has 10 heteroatoms. The van der Waals surface area contributed by atoms with Gasteiger partial charge in [-0.2, -0.15) is 0 Å². The number of anilines is 1. The summed E-state index contributed by atoms with van der Waals surface area (Å²) in [6, 6.07) is 12.2. The van der Waals surface area contributed by atoms with E-state index in [1.165, 1.54) is 28.4 Å². The molecule has 2 aromatic carbocycles. The van der Waals surface area contributed by atoms with E-state index < -0.39 is 29.6 Å². The summed E-state index contributed by atoms with van der Waals surface area (Å²) in [5, 5.41) is 2.92. The highest BCUT2D eigenvalue weighted by Crippen LogP contribution is 2.32. The number of carbonyl (C=O) groups excluding carboxylic acids is 3. The van der Waals surface area contributed by atoms with Crippen LogP contribution in [-0.2, 0) is 14.3 Å². The second kappa shape index (κ2) is 10.6. The molecule has 0 saturated carbocycles. The van der Waals surface area contributed by atoms with Crippen LogP contribution in [0.5, 0.6) is 0 Å². The van der Waals surface area contributed by atoms with Crippen LogP contribution >= 0.6 is 34.5 Å². The number of alkyl halides is 1. The van der Waals surface area contributed by atoms with Crippen LogP contribution in [0.1, 0.15) is 23.2 Å². The maximum atomic E-state index is 13.2. The van der Waals surface area contributed by atoms with E-state index in [1.54, 1.807) is 12.1 Å². The Labute approximate surface area is 209 Å². The van der Waals surface area contributed by atoms with Crippen molar-refractivity contribution in [1.82, 2.24) is 4.98 Å². The van der Waals surface area contributed by atoms with Gasteiger partial charge in [-0.1, -0.05) is 23.7 Å². The third kappa shape index (κ3) is 5.46. The third-order valence-electron chi connectivity index (χ3n) is 5.37. The topological polar surface area (TPSA) is 76.6 Å². The lowest BCUT2D eigenvalue weighted by atomic mass is 10.0. The monoisotopic (exact) mass is 520 g/mol. The summed E-state index contributed by atoms with van der Waals surface area (Å²) in [7, 11) is 0. The Balaban J connectivity index is 1.43. The first-order valence-electron chi connectivity index (χ1n) is 10.4. The Kier molecular flexibility index (Phi) is 7.60. The number of esters is 1. The van der Waals surface area contributed by atoms with E-state index in [0.717, 1.165) is 17.7 Å². The number of nitrogens with zero attached hydrogens (tertiary/aromatic N) is 2. The maximum absolute atomic E-state index is 13.2. The Morgan fingerprint density at radius 2 is 1.88 bits per heavy atom. The molecule has 1 aliphatic rings. The molecule has 1 aromatic heterocycles. The van der Waals surface area contributed by atoms with Crippen molar-refractivity contribution in [2.45, 2.75) is 18.9 Å². The number of thiazole rings is 1. The number of hydrogen-bond acceptors (Lipinski definition) is 6. The molecule has 6 nitrogen and oxygen atoms in total. The minimum Gasteiger partial charge on any atom is -0.454 e. The molecule has 0 aliphatic carbocycles. The lowest BCUT2D eigenvalue weighted by Crippen LogP contribution is -2.32. The minimum absolute atomic E-state index is 0.0486. The zero-order chi connectivity index (χ0) is 24.2. The van der Waals surface area contributed by atoms with Crippen molar-refractivity contribution in [3.05, 3.63) is 70.3 Å². The number of benzene rings is 2. The summed E-state index contributed by atoms with van der Waals surface area (Å²) in [5.74, 6) is -2.51. The molecule has 1 aliphatic heterocycles. The highest BCUT2D eigenvalue weighted by atomic mass is 35.5. The molecule has 176 valence electrons. The van der Waals surface area contributed by atoms with E-state index in [-0.39, 0.29) is 36.7 Å². The highest BCUT2D eigenvalue weighted by Gasteiger charge is 2.39. The summed E-state index contributed by atoms with van der Waals surface area (Å²) in [4.78, 5) is 44.2. The standard InChI is InChI=1S/C24H19Cl2FN2O4S/c25-10-9-20(22(31)15-3-7-18(27)8-4-15)33-23(32)16-11-21(30)29(12-16)24-28-19(13-34-24)14-1-5-17(26)6-2-14/h1-8,13,16,20H,9-12H2/t16-,20-/m1/s1. The first-order chi connectivity index (χ1) is 16.4. The van der Waals surface area contributed by atoms with Gasteiger partial charge in [-0.25, -0.2) is 9.37 Å². The molecule has 1 amide bonds. The van der Waals surface area contributed by atoms with E-state index >= 15 is 0 Å². The van der Waals surface area contributed by atoms with Crippen molar-refractivity contribution < 1.29 is 23.5 Å². The van der Waals surface area contributed by atoms with Gasteiger partial charge in [0, 0.05) is 46.8 Å². The lowest BCUT2D eigenvalue weighted by Gasteiger charge is -2.18. The van der Waals surface area contributed by atoms with Crippen molar-refractivity contribution in [3.63, 3.8) is 0 Å². The summed E-state index contributed by atoms with van der Waals surface area (Å²) in [6.07, 6.45) is -1.06. The van der Waals surface area contributed by atoms with Crippen molar-refractivity contribution in [2.75, 3.05) is 17.3 Å². The molecule has 2 atom stereocenters. The molecule has 0 spiro atoms. The van der Waals surface area contributed by atoms with E-state index in [1.807, 2.05) is 17.5 Å². The third-order valence-corrected chi connectivity index (χ3v) is 6.71. The van der Waals surface area contributed by atoms with Crippen LogP contribution in [-0.4, -0.2) is 41.2 Å². The van der Waals surface area contributed by atoms with Gasteiger partial charge in [-0.15, -0.1) is 22.9 Å². The van der Waals surface area contributed by atoms with Gasteiger partial charge in [-0.05, 0) is 36.4 Å². The second-order valence-corrected chi connectivity index (χ2v) is 9.35.